The summed E-state index contributed by atoms with van der Waals surface area (Å²) < 4.78 is 73.6. The van der Waals surface area contributed by atoms with E-state index in [4.69, 9.17) is 25.5 Å². The molecule has 2 saturated heterocycles. The summed E-state index contributed by atoms with van der Waals surface area (Å²) in [5.74, 6) is -0.939. The molecule has 3 heterocycles. The van der Waals surface area contributed by atoms with Gasteiger partial charge in [0.25, 0.3) is 5.91 Å². The first kappa shape index (κ1) is 24.3. The normalized spacial score (nSPS) is 27.3. The number of benzene rings is 1. The molecule has 2 aliphatic heterocycles. The molecule has 2 saturated carbocycles. The van der Waals surface area contributed by atoms with Crippen LogP contribution in [-0.2, 0) is 25.5 Å². The first-order valence-corrected chi connectivity index (χ1v) is 11.5. The first-order chi connectivity index (χ1) is 16.5. The van der Waals surface area contributed by atoms with Crippen molar-refractivity contribution in [3.63, 3.8) is 0 Å². The number of carbonyl (C=O) groups is 1. The fourth-order valence-electron chi connectivity index (χ4n) is 4.85. The van der Waals surface area contributed by atoms with Crippen LogP contribution in [0, 0.1) is 5.82 Å². The summed E-state index contributed by atoms with van der Waals surface area (Å²) in [7, 11) is 0. The van der Waals surface area contributed by atoms with Gasteiger partial charge in [0.15, 0.2) is 12.2 Å². The van der Waals surface area contributed by atoms with Crippen molar-refractivity contribution in [3.05, 3.63) is 40.8 Å². The molecular formula is C22H22ClF4N3O5. The molecule has 35 heavy (non-hydrogen) atoms. The van der Waals surface area contributed by atoms with E-state index in [0.29, 0.717) is 32.1 Å². The van der Waals surface area contributed by atoms with Crippen LogP contribution < -0.4 is 10.1 Å². The van der Waals surface area contributed by atoms with Gasteiger partial charge in [0.05, 0.1) is 17.2 Å². The highest BCUT2D eigenvalue weighted by Gasteiger charge is 2.56. The summed E-state index contributed by atoms with van der Waals surface area (Å²) in [4.78, 5) is 12.5. The van der Waals surface area contributed by atoms with Gasteiger partial charge in [0, 0.05) is 6.07 Å². The predicted molar refractivity (Wildman–Crippen MR) is 111 cm³/mol. The summed E-state index contributed by atoms with van der Waals surface area (Å²) in [6.07, 6.45) is -2.02. The van der Waals surface area contributed by atoms with Crippen molar-refractivity contribution in [2.45, 2.75) is 68.0 Å². The van der Waals surface area contributed by atoms with E-state index >= 15 is 0 Å². The second kappa shape index (κ2) is 8.59. The van der Waals surface area contributed by atoms with Gasteiger partial charge < -0.3 is 19.2 Å². The van der Waals surface area contributed by atoms with Crippen molar-refractivity contribution in [1.29, 1.82) is 0 Å². The fourth-order valence-corrected chi connectivity index (χ4v) is 4.97. The van der Waals surface area contributed by atoms with Crippen LogP contribution in [0.15, 0.2) is 22.6 Å². The molecule has 2 aromatic rings. The van der Waals surface area contributed by atoms with Crippen LogP contribution >= 0.6 is 11.6 Å². The van der Waals surface area contributed by atoms with Crippen molar-refractivity contribution >= 4 is 17.5 Å². The number of halogens is 5. The van der Waals surface area contributed by atoms with Crippen LogP contribution in [0.1, 0.15) is 56.7 Å². The van der Waals surface area contributed by atoms with Crippen LogP contribution in [-0.4, -0.2) is 41.2 Å². The molecule has 1 aromatic carbocycles. The number of alkyl halides is 3. The summed E-state index contributed by atoms with van der Waals surface area (Å²) in [5, 5.41) is 10.8. The number of fused-ring (bicyclic) bond motifs is 3. The largest absolute Gasteiger partial charge is 0.523 e. The maximum absolute atomic E-state index is 13.5. The Kier molecular flexibility index (Phi) is 5.96. The van der Waals surface area contributed by atoms with Crippen LogP contribution in [0.4, 0.5) is 17.6 Å². The molecule has 13 heteroatoms. The summed E-state index contributed by atoms with van der Waals surface area (Å²) in [6, 6.07) is 3.89. The highest BCUT2D eigenvalue weighted by atomic mass is 35.5. The van der Waals surface area contributed by atoms with Crippen molar-refractivity contribution in [1.82, 2.24) is 15.5 Å². The monoisotopic (exact) mass is 519 g/mol. The molecule has 1 N–H and O–H groups in total. The first-order valence-electron chi connectivity index (χ1n) is 11.2. The van der Waals surface area contributed by atoms with Gasteiger partial charge in [0.2, 0.25) is 11.8 Å². The molecule has 0 radical (unpaired) electrons. The van der Waals surface area contributed by atoms with E-state index in [0.717, 1.165) is 6.07 Å². The Balaban J connectivity index is 1.20. The summed E-state index contributed by atoms with van der Waals surface area (Å²) in [5.41, 5.74) is -3.18. The molecule has 2 bridgehead atoms. The third-order valence-corrected chi connectivity index (χ3v) is 7.29. The molecule has 0 atom stereocenters. The molecule has 2 aliphatic carbocycles. The molecule has 190 valence electrons. The quantitative estimate of drug-likeness (QED) is 0.538. The zero-order valence-corrected chi connectivity index (χ0v) is 19.2. The molecule has 1 amide bonds. The minimum absolute atomic E-state index is 0.0464. The Morgan fingerprint density at radius 2 is 1.83 bits per heavy atom. The maximum atomic E-state index is 13.5. The van der Waals surface area contributed by atoms with Gasteiger partial charge in [-0.15, -0.1) is 23.4 Å². The maximum Gasteiger partial charge on any atom is 0.523 e. The Labute approximate surface area is 202 Å². The second-order valence-electron chi connectivity index (χ2n) is 9.28. The zero-order chi connectivity index (χ0) is 24.9. The minimum atomic E-state index is -4.82. The van der Waals surface area contributed by atoms with Crippen LogP contribution in [0.2, 0.25) is 5.02 Å². The Bertz CT molecular complexity index is 1100. The van der Waals surface area contributed by atoms with Gasteiger partial charge >= 0.3 is 6.36 Å². The fraction of sp³-hybridized carbons (Fsp3) is 0.591. The average molecular weight is 520 g/mol. The van der Waals surface area contributed by atoms with Crippen molar-refractivity contribution < 1.29 is 41.0 Å². The number of ether oxygens (including phenoxy) is 3. The topological polar surface area (TPSA) is 95.7 Å². The molecule has 6 rings (SSSR count). The molecule has 0 spiro atoms. The molecule has 4 aliphatic rings. The lowest BCUT2D eigenvalue weighted by molar-refractivity contribution is -0.387. The highest BCUT2D eigenvalue weighted by molar-refractivity contribution is 6.30. The van der Waals surface area contributed by atoms with Gasteiger partial charge in [-0.3, -0.25) is 9.53 Å². The number of amides is 1. The SMILES string of the molecule is O=C(COc1ccc(Cl)c(F)c1)NC12CCC(c3nnc(C4(OC(F)(F)F)CCC4)o3)(CC1)OC2. The van der Waals surface area contributed by atoms with Crippen molar-refractivity contribution in [2.24, 2.45) is 0 Å². The molecular weight excluding hydrogens is 498 g/mol. The van der Waals surface area contributed by atoms with Crippen molar-refractivity contribution in [2.75, 3.05) is 13.2 Å². The lowest BCUT2D eigenvalue weighted by atomic mass is 9.71. The summed E-state index contributed by atoms with van der Waals surface area (Å²) in [6.45, 7) is -0.154. The summed E-state index contributed by atoms with van der Waals surface area (Å²) >= 11 is 5.64. The zero-order valence-electron chi connectivity index (χ0n) is 18.4. The van der Waals surface area contributed by atoms with Gasteiger partial charge in [-0.1, -0.05) is 11.6 Å². The van der Waals surface area contributed by atoms with Gasteiger partial charge in [-0.05, 0) is 57.1 Å². The van der Waals surface area contributed by atoms with E-state index in [2.05, 4.69) is 20.3 Å². The van der Waals surface area contributed by atoms with Gasteiger partial charge in [-0.2, -0.15) is 0 Å². The predicted octanol–water partition coefficient (Wildman–Crippen LogP) is 4.51. The number of nitrogens with zero attached hydrogens (tertiary/aromatic N) is 2. The van der Waals surface area contributed by atoms with Crippen LogP contribution in [0.5, 0.6) is 5.75 Å². The Morgan fingerprint density at radius 1 is 1.11 bits per heavy atom. The number of carbonyl (C=O) groups excluding carboxylic acids is 1. The Morgan fingerprint density at radius 3 is 2.40 bits per heavy atom. The number of hydrogen-bond donors (Lipinski definition) is 1. The Hall–Kier alpha value is -2.44. The third kappa shape index (κ3) is 4.70. The number of hydrogen-bond acceptors (Lipinski definition) is 7. The lowest BCUT2D eigenvalue weighted by Crippen LogP contribution is -2.62. The molecule has 8 nitrogen and oxygen atoms in total. The number of rotatable bonds is 7. The second-order valence-corrected chi connectivity index (χ2v) is 9.69. The van der Waals surface area contributed by atoms with E-state index < -0.39 is 34.8 Å². The minimum Gasteiger partial charge on any atom is -0.484 e. The lowest BCUT2D eigenvalue weighted by Gasteiger charge is -2.51. The van der Waals surface area contributed by atoms with E-state index in [1.54, 1.807) is 0 Å². The molecule has 0 unspecified atom stereocenters. The third-order valence-electron chi connectivity index (χ3n) is 6.98. The molecule has 1 aromatic heterocycles. The van der Waals surface area contributed by atoms with Gasteiger partial charge in [-0.25, -0.2) is 4.39 Å². The highest BCUT2D eigenvalue weighted by Crippen LogP contribution is 2.52. The standard InChI is InChI=1S/C22H22ClF4N3O5/c23-14-3-2-13(10-15(14)24)32-11-16(31)28-19-6-8-20(9-7-19,33-12-19)17-29-30-18(34-17)21(4-1-5-21)35-22(25,26)27/h2-3,10H,1,4-9,11-12H2,(H,28,31). The number of nitrogens with one attached hydrogen (secondary N) is 1. The van der Waals surface area contributed by atoms with Crippen LogP contribution in [0.25, 0.3) is 0 Å². The van der Waals surface area contributed by atoms with E-state index in [-0.39, 0.29) is 48.6 Å². The van der Waals surface area contributed by atoms with E-state index in [1.165, 1.54) is 12.1 Å². The smallest absolute Gasteiger partial charge is 0.484 e. The van der Waals surface area contributed by atoms with Gasteiger partial charge in [0.1, 0.15) is 17.2 Å². The van der Waals surface area contributed by atoms with Crippen molar-refractivity contribution in [3.8, 4) is 5.75 Å². The van der Waals surface area contributed by atoms with Crippen LogP contribution in [0.3, 0.4) is 0 Å². The molecule has 4 fully saturated rings. The number of aromatic nitrogens is 2. The van der Waals surface area contributed by atoms with E-state index in [1.807, 2.05) is 0 Å². The van der Waals surface area contributed by atoms with E-state index in [9.17, 15) is 22.4 Å². The average Bonchev–Trinajstić information content (AvgIpc) is 3.29.